The normalized spacial score (nSPS) is 10.3. The van der Waals surface area contributed by atoms with Crippen LogP contribution in [0.3, 0.4) is 0 Å². The van der Waals surface area contributed by atoms with E-state index < -0.39 is 11.2 Å². The monoisotopic (exact) mass is 235 g/mol. The maximum atomic E-state index is 13.6. The van der Waals surface area contributed by atoms with Crippen LogP contribution in [0.4, 0.5) is 4.39 Å². The van der Waals surface area contributed by atoms with Gasteiger partial charge in [0.1, 0.15) is 24.0 Å². The number of hydrogen-bond donors (Lipinski definition) is 0. The smallest absolute Gasteiger partial charge is 0.206 e. The zero-order valence-corrected chi connectivity index (χ0v) is 9.18. The summed E-state index contributed by atoms with van der Waals surface area (Å²) in [6.07, 6.45) is 0. The fourth-order valence-electron chi connectivity index (χ4n) is 1.84. The molecular formula is C14H6FN3. The molecule has 0 aliphatic heterocycles. The second-order valence-electron chi connectivity index (χ2n) is 3.73. The Kier molecular flexibility index (Phi) is 2.68. The van der Waals surface area contributed by atoms with Crippen LogP contribution in [0.5, 0.6) is 0 Å². The number of benzene rings is 2. The zero-order chi connectivity index (χ0) is 13.2. The minimum atomic E-state index is -1.91. The molecule has 2 rings (SSSR count). The molecule has 3 nitrogen and oxygen atoms in total. The molecular weight excluding hydrogens is 229 g/mol. The molecule has 0 radical (unpaired) electrons. The number of nitrogens with zero attached hydrogens (tertiary/aromatic N) is 3. The average molecular weight is 235 g/mol. The lowest BCUT2D eigenvalue weighted by molar-refractivity contribution is 0.639. The van der Waals surface area contributed by atoms with E-state index in [0.29, 0.717) is 10.8 Å². The van der Waals surface area contributed by atoms with Crippen LogP contribution in [-0.2, 0) is 5.41 Å². The van der Waals surface area contributed by atoms with E-state index in [0.717, 1.165) is 0 Å². The van der Waals surface area contributed by atoms with E-state index in [4.69, 9.17) is 15.8 Å². The molecule has 2 aromatic rings. The number of fused-ring (bicyclic) bond motifs is 1. The highest BCUT2D eigenvalue weighted by molar-refractivity contribution is 5.88. The number of halogens is 1. The Hall–Kier alpha value is -2.90. The third-order valence-corrected chi connectivity index (χ3v) is 2.78. The Morgan fingerprint density at radius 2 is 1.39 bits per heavy atom. The third-order valence-electron chi connectivity index (χ3n) is 2.78. The molecule has 0 N–H and O–H groups in total. The predicted octanol–water partition coefficient (Wildman–Crippen LogP) is 2.79. The SMILES string of the molecule is N#CC(C#N)(C#N)c1ccc(F)c2ccccc12. The van der Waals surface area contributed by atoms with E-state index in [1.54, 1.807) is 42.5 Å². The highest BCUT2D eigenvalue weighted by atomic mass is 19.1. The van der Waals surface area contributed by atoms with Gasteiger partial charge in [0.05, 0.1) is 0 Å². The number of nitriles is 3. The van der Waals surface area contributed by atoms with Gasteiger partial charge in [0.2, 0.25) is 0 Å². The van der Waals surface area contributed by atoms with Gasteiger partial charge in [-0.2, -0.15) is 15.8 Å². The molecule has 0 spiro atoms. The van der Waals surface area contributed by atoms with Crippen LogP contribution >= 0.6 is 0 Å². The Morgan fingerprint density at radius 1 is 0.833 bits per heavy atom. The summed E-state index contributed by atoms with van der Waals surface area (Å²) in [5.41, 5.74) is -1.69. The van der Waals surface area contributed by atoms with Crippen molar-refractivity contribution in [2.45, 2.75) is 5.41 Å². The first-order valence-corrected chi connectivity index (χ1v) is 5.10. The van der Waals surface area contributed by atoms with Gasteiger partial charge in [-0.05, 0) is 11.5 Å². The van der Waals surface area contributed by atoms with E-state index in [-0.39, 0.29) is 5.56 Å². The van der Waals surface area contributed by atoms with Gasteiger partial charge in [0, 0.05) is 10.9 Å². The molecule has 0 unspecified atom stereocenters. The topological polar surface area (TPSA) is 71.4 Å². The van der Waals surface area contributed by atoms with Gasteiger partial charge in [-0.3, -0.25) is 0 Å². The average Bonchev–Trinajstić information content (AvgIpc) is 2.43. The summed E-state index contributed by atoms with van der Waals surface area (Å²) in [5.74, 6) is -0.447. The summed E-state index contributed by atoms with van der Waals surface area (Å²) in [5, 5.41) is 27.9. The van der Waals surface area contributed by atoms with Crippen molar-refractivity contribution in [1.82, 2.24) is 0 Å². The lowest BCUT2D eigenvalue weighted by Gasteiger charge is -2.13. The molecule has 0 amide bonds. The Morgan fingerprint density at radius 3 is 1.94 bits per heavy atom. The van der Waals surface area contributed by atoms with Crippen LogP contribution in [0.1, 0.15) is 5.56 Å². The highest BCUT2D eigenvalue weighted by Crippen LogP contribution is 2.31. The zero-order valence-electron chi connectivity index (χ0n) is 9.18. The van der Waals surface area contributed by atoms with Crippen molar-refractivity contribution in [1.29, 1.82) is 15.8 Å². The van der Waals surface area contributed by atoms with Crippen LogP contribution in [0.15, 0.2) is 36.4 Å². The van der Waals surface area contributed by atoms with Gasteiger partial charge in [-0.25, -0.2) is 4.39 Å². The molecule has 0 saturated heterocycles. The first kappa shape index (κ1) is 11.6. The van der Waals surface area contributed by atoms with Gasteiger partial charge >= 0.3 is 0 Å². The first-order chi connectivity index (χ1) is 8.68. The molecule has 0 aliphatic carbocycles. The van der Waals surface area contributed by atoms with Crippen LogP contribution < -0.4 is 0 Å². The van der Waals surface area contributed by atoms with Gasteiger partial charge in [0.15, 0.2) is 0 Å². The minimum Gasteiger partial charge on any atom is -0.206 e. The lowest BCUT2D eigenvalue weighted by atomic mass is 9.82. The van der Waals surface area contributed by atoms with E-state index in [9.17, 15) is 4.39 Å². The van der Waals surface area contributed by atoms with Crippen LogP contribution in [0.25, 0.3) is 10.8 Å². The van der Waals surface area contributed by atoms with E-state index in [2.05, 4.69) is 0 Å². The fraction of sp³-hybridized carbons (Fsp3) is 0.0714. The quantitative estimate of drug-likeness (QED) is 0.762. The largest absolute Gasteiger partial charge is 0.254 e. The molecule has 0 aliphatic rings. The van der Waals surface area contributed by atoms with Crippen LogP contribution in [-0.4, -0.2) is 0 Å². The Labute approximate surface area is 103 Å². The third kappa shape index (κ3) is 1.47. The van der Waals surface area contributed by atoms with Crippen LogP contribution in [0.2, 0.25) is 0 Å². The summed E-state index contributed by atoms with van der Waals surface area (Å²) in [4.78, 5) is 0. The van der Waals surface area contributed by atoms with Crippen molar-refractivity contribution in [3.05, 3.63) is 47.8 Å². The maximum Gasteiger partial charge on any atom is 0.254 e. The molecule has 2 aromatic carbocycles. The van der Waals surface area contributed by atoms with Crippen molar-refractivity contribution >= 4 is 10.8 Å². The van der Waals surface area contributed by atoms with Crippen molar-refractivity contribution in [3.63, 3.8) is 0 Å². The van der Waals surface area contributed by atoms with Crippen molar-refractivity contribution in [2.75, 3.05) is 0 Å². The lowest BCUT2D eigenvalue weighted by Crippen LogP contribution is -2.19. The highest BCUT2D eigenvalue weighted by Gasteiger charge is 2.34. The molecule has 0 atom stereocenters. The summed E-state index contributed by atoms with van der Waals surface area (Å²) in [6, 6.07) is 14.0. The van der Waals surface area contributed by atoms with E-state index >= 15 is 0 Å². The summed E-state index contributed by atoms with van der Waals surface area (Å²) in [6.45, 7) is 0. The van der Waals surface area contributed by atoms with Gasteiger partial charge in [-0.15, -0.1) is 0 Å². The molecule has 0 heterocycles. The second-order valence-corrected chi connectivity index (χ2v) is 3.73. The van der Waals surface area contributed by atoms with Crippen molar-refractivity contribution in [2.24, 2.45) is 0 Å². The summed E-state index contributed by atoms with van der Waals surface area (Å²) in [7, 11) is 0. The predicted molar refractivity (Wildman–Crippen MR) is 62.4 cm³/mol. The molecule has 4 heteroatoms. The van der Waals surface area contributed by atoms with Crippen molar-refractivity contribution in [3.8, 4) is 18.2 Å². The fourth-order valence-corrected chi connectivity index (χ4v) is 1.84. The standard InChI is InChI=1S/C14H6FN3/c15-13-6-5-12(14(7-16,8-17)9-18)10-3-1-2-4-11(10)13/h1-6H. The molecule has 18 heavy (non-hydrogen) atoms. The molecule has 0 saturated carbocycles. The molecule has 0 fully saturated rings. The minimum absolute atomic E-state index is 0.215. The Balaban J connectivity index is 2.92. The van der Waals surface area contributed by atoms with Gasteiger partial charge in [-0.1, -0.05) is 30.3 Å². The van der Waals surface area contributed by atoms with Gasteiger partial charge in [0.25, 0.3) is 5.41 Å². The molecule has 84 valence electrons. The summed E-state index contributed by atoms with van der Waals surface area (Å²) < 4.78 is 13.6. The number of rotatable bonds is 1. The maximum absolute atomic E-state index is 13.6. The van der Waals surface area contributed by atoms with Gasteiger partial charge < -0.3 is 0 Å². The van der Waals surface area contributed by atoms with E-state index in [1.807, 2.05) is 0 Å². The van der Waals surface area contributed by atoms with Crippen LogP contribution in [0, 0.1) is 39.8 Å². The first-order valence-electron chi connectivity index (χ1n) is 5.10. The van der Waals surface area contributed by atoms with E-state index in [1.165, 1.54) is 12.1 Å². The van der Waals surface area contributed by atoms with Crippen molar-refractivity contribution < 1.29 is 4.39 Å². The number of hydrogen-bond acceptors (Lipinski definition) is 3. The molecule has 0 bridgehead atoms. The summed E-state index contributed by atoms with van der Waals surface area (Å²) >= 11 is 0. The second kappa shape index (κ2) is 4.17. The Bertz CT molecular complexity index is 708. The molecule has 0 aromatic heterocycles.